The number of rotatable bonds is 4. The van der Waals surface area contributed by atoms with Gasteiger partial charge in [-0.1, -0.05) is 44.2 Å². The van der Waals surface area contributed by atoms with Gasteiger partial charge in [-0.15, -0.1) is 0 Å². The third-order valence-corrected chi connectivity index (χ3v) is 4.90. The van der Waals surface area contributed by atoms with Crippen molar-refractivity contribution < 1.29 is 9.59 Å². The number of imide groups is 1. The van der Waals surface area contributed by atoms with Crippen LogP contribution < -0.4 is 10.9 Å². The Bertz CT molecular complexity index is 1120. The van der Waals surface area contributed by atoms with E-state index in [1.165, 1.54) is 4.90 Å². The SMILES string of the molecule is CC(C)c1ccc2nc(-c3ccc(CN4C(=O)CNC4=O)cc3)[nH]c(=O)c2c1. The maximum absolute atomic E-state index is 12.5. The number of H-pyrrole nitrogens is 1. The molecule has 7 nitrogen and oxygen atoms in total. The summed E-state index contributed by atoms with van der Waals surface area (Å²) in [5.74, 6) is 0.576. The van der Waals surface area contributed by atoms with Gasteiger partial charge in [0.1, 0.15) is 5.82 Å². The van der Waals surface area contributed by atoms with Crippen molar-refractivity contribution >= 4 is 22.8 Å². The Balaban J connectivity index is 1.63. The Morgan fingerprint density at radius 3 is 2.46 bits per heavy atom. The zero-order chi connectivity index (χ0) is 19.8. The molecule has 1 aromatic heterocycles. The average Bonchev–Trinajstić information content (AvgIpc) is 3.00. The fourth-order valence-corrected chi connectivity index (χ4v) is 3.22. The smallest absolute Gasteiger partial charge is 0.324 e. The number of aromatic amines is 1. The first kappa shape index (κ1) is 17.9. The molecule has 0 atom stereocenters. The van der Waals surface area contributed by atoms with E-state index in [4.69, 9.17) is 0 Å². The summed E-state index contributed by atoms with van der Waals surface area (Å²) in [6, 6.07) is 12.6. The Morgan fingerprint density at radius 1 is 1.07 bits per heavy atom. The van der Waals surface area contributed by atoms with E-state index in [2.05, 4.69) is 29.1 Å². The zero-order valence-electron chi connectivity index (χ0n) is 15.7. The van der Waals surface area contributed by atoms with E-state index in [0.717, 1.165) is 16.7 Å². The number of amides is 3. The highest BCUT2D eigenvalue weighted by Gasteiger charge is 2.28. The van der Waals surface area contributed by atoms with E-state index in [1.807, 2.05) is 42.5 Å². The number of nitrogens with one attached hydrogen (secondary N) is 2. The van der Waals surface area contributed by atoms with Crippen molar-refractivity contribution in [1.29, 1.82) is 0 Å². The van der Waals surface area contributed by atoms with Gasteiger partial charge in [-0.25, -0.2) is 9.78 Å². The molecular weight excluding hydrogens is 356 g/mol. The van der Waals surface area contributed by atoms with Crippen LogP contribution >= 0.6 is 0 Å². The van der Waals surface area contributed by atoms with Gasteiger partial charge >= 0.3 is 6.03 Å². The molecule has 1 aliphatic rings. The number of urea groups is 1. The number of carbonyl (C=O) groups excluding carboxylic acids is 2. The summed E-state index contributed by atoms with van der Waals surface area (Å²) >= 11 is 0. The van der Waals surface area contributed by atoms with Crippen molar-refractivity contribution in [3.05, 3.63) is 63.9 Å². The minimum Gasteiger partial charge on any atom is -0.329 e. The minimum absolute atomic E-state index is 0.0394. The number of carbonyl (C=O) groups is 2. The van der Waals surface area contributed by atoms with Gasteiger partial charge in [-0.05, 0) is 29.2 Å². The molecule has 4 rings (SSSR count). The Hall–Kier alpha value is -3.48. The van der Waals surface area contributed by atoms with Crippen molar-refractivity contribution in [2.45, 2.75) is 26.3 Å². The first-order chi connectivity index (χ1) is 13.4. The number of nitrogens with zero attached hydrogens (tertiary/aromatic N) is 2. The van der Waals surface area contributed by atoms with Gasteiger partial charge in [-0.3, -0.25) is 14.5 Å². The second-order valence-electron chi connectivity index (χ2n) is 7.18. The van der Waals surface area contributed by atoms with Crippen LogP contribution in [0, 0.1) is 0 Å². The van der Waals surface area contributed by atoms with Gasteiger partial charge in [0.25, 0.3) is 5.56 Å². The largest absolute Gasteiger partial charge is 0.329 e. The molecule has 0 saturated carbocycles. The van der Waals surface area contributed by atoms with E-state index in [-0.39, 0.29) is 30.6 Å². The molecular formula is C21H20N4O3. The highest BCUT2D eigenvalue weighted by molar-refractivity contribution is 6.01. The first-order valence-corrected chi connectivity index (χ1v) is 9.14. The van der Waals surface area contributed by atoms with Crippen molar-refractivity contribution in [2.75, 3.05) is 6.54 Å². The fraction of sp³-hybridized carbons (Fsp3) is 0.238. The molecule has 2 N–H and O–H groups in total. The highest BCUT2D eigenvalue weighted by atomic mass is 16.2. The van der Waals surface area contributed by atoms with Gasteiger partial charge in [0.05, 0.1) is 24.0 Å². The van der Waals surface area contributed by atoms with Crippen LogP contribution in [0.3, 0.4) is 0 Å². The molecule has 2 aromatic carbocycles. The van der Waals surface area contributed by atoms with Crippen LogP contribution in [-0.2, 0) is 11.3 Å². The van der Waals surface area contributed by atoms with Crippen molar-refractivity contribution in [3.63, 3.8) is 0 Å². The van der Waals surface area contributed by atoms with Gasteiger partial charge in [0.15, 0.2) is 0 Å². The standard InChI is InChI=1S/C21H20N4O3/c1-12(2)15-7-8-17-16(9-15)20(27)24-19(23-17)14-5-3-13(4-6-14)11-25-18(26)10-22-21(25)28/h3-9,12H,10-11H2,1-2H3,(H,22,28)(H,23,24,27). The molecule has 0 radical (unpaired) electrons. The Labute approximate surface area is 161 Å². The van der Waals surface area contributed by atoms with Crippen LogP contribution in [0.15, 0.2) is 47.3 Å². The van der Waals surface area contributed by atoms with Crippen molar-refractivity contribution in [1.82, 2.24) is 20.2 Å². The topological polar surface area (TPSA) is 95.2 Å². The van der Waals surface area contributed by atoms with Crippen molar-refractivity contribution in [2.24, 2.45) is 0 Å². The molecule has 1 saturated heterocycles. The monoisotopic (exact) mass is 376 g/mol. The summed E-state index contributed by atoms with van der Waals surface area (Å²) in [6.45, 7) is 4.42. The van der Waals surface area contributed by atoms with E-state index in [1.54, 1.807) is 0 Å². The minimum atomic E-state index is -0.379. The number of hydrogen-bond donors (Lipinski definition) is 2. The third kappa shape index (κ3) is 3.26. The molecule has 0 spiro atoms. The molecule has 3 amide bonds. The predicted molar refractivity (Wildman–Crippen MR) is 106 cm³/mol. The highest BCUT2D eigenvalue weighted by Crippen LogP contribution is 2.21. The lowest BCUT2D eigenvalue weighted by atomic mass is 10.0. The molecule has 2 heterocycles. The summed E-state index contributed by atoms with van der Waals surface area (Å²) < 4.78 is 0. The number of aromatic nitrogens is 2. The molecule has 142 valence electrons. The number of benzene rings is 2. The maximum atomic E-state index is 12.5. The van der Waals surface area contributed by atoms with Crippen molar-refractivity contribution in [3.8, 4) is 11.4 Å². The average molecular weight is 376 g/mol. The van der Waals surface area contributed by atoms with Crippen LogP contribution in [0.5, 0.6) is 0 Å². The lowest BCUT2D eigenvalue weighted by molar-refractivity contribution is -0.125. The van der Waals surface area contributed by atoms with E-state index in [9.17, 15) is 14.4 Å². The van der Waals surface area contributed by atoms with Crippen LogP contribution in [0.1, 0.15) is 30.9 Å². The molecule has 1 fully saturated rings. The first-order valence-electron chi connectivity index (χ1n) is 9.14. The molecule has 1 aliphatic heterocycles. The van der Waals surface area contributed by atoms with Gasteiger partial charge in [0.2, 0.25) is 5.91 Å². The predicted octanol–water partition coefficient (Wildman–Crippen LogP) is 2.77. The normalized spacial score (nSPS) is 14.2. The van der Waals surface area contributed by atoms with Crippen LogP contribution in [0.4, 0.5) is 4.79 Å². The summed E-state index contributed by atoms with van der Waals surface area (Å²) in [6.07, 6.45) is 0. The van der Waals surface area contributed by atoms with E-state index < -0.39 is 0 Å². The second-order valence-corrected chi connectivity index (χ2v) is 7.18. The molecule has 3 aromatic rings. The Morgan fingerprint density at radius 2 is 1.82 bits per heavy atom. The summed E-state index contributed by atoms with van der Waals surface area (Å²) in [7, 11) is 0. The molecule has 0 aliphatic carbocycles. The Kier molecular flexibility index (Phi) is 4.43. The van der Waals surface area contributed by atoms with Crippen LogP contribution in [-0.4, -0.2) is 33.4 Å². The quantitative estimate of drug-likeness (QED) is 0.685. The third-order valence-electron chi connectivity index (χ3n) is 4.90. The second kappa shape index (κ2) is 6.92. The van der Waals surface area contributed by atoms with Gasteiger partial charge in [-0.2, -0.15) is 0 Å². The summed E-state index contributed by atoms with van der Waals surface area (Å²) in [5.41, 5.74) is 3.14. The van der Waals surface area contributed by atoms with Crippen LogP contribution in [0.2, 0.25) is 0 Å². The van der Waals surface area contributed by atoms with Crippen LogP contribution in [0.25, 0.3) is 22.3 Å². The number of hydrogen-bond acceptors (Lipinski definition) is 4. The van der Waals surface area contributed by atoms with Gasteiger partial charge < -0.3 is 10.3 Å². The van der Waals surface area contributed by atoms with E-state index in [0.29, 0.717) is 22.6 Å². The molecule has 0 unspecified atom stereocenters. The van der Waals surface area contributed by atoms with Gasteiger partial charge in [0, 0.05) is 5.56 Å². The summed E-state index contributed by atoms with van der Waals surface area (Å²) in [4.78, 5) is 44.5. The molecule has 28 heavy (non-hydrogen) atoms. The fourth-order valence-electron chi connectivity index (χ4n) is 3.22. The lowest BCUT2D eigenvalue weighted by Gasteiger charge is -2.12. The summed E-state index contributed by atoms with van der Waals surface area (Å²) in [5, 5.41) is 3.07. The number of fused-ring (bicyclic) bond motifs is 1. The maximum Gasteiger partial charge on any atom is 0.324 e. The lowest BCUT2D eigenvalue weighted by Crippen LogP contribution is -2.30. The zero-order valence-corrected chi connectivity index (χ0v) is 15.7. The van der Waals surface area contributed by atoms with E-state index >= 15 is 0 Å². The molecule has 0 bridgehead atoms. The molecule has 7 heteroatoms.